The first kappa shape index (κ1) is 10.9. The van der Waals surface area contributed by atoms with Crippen LogP contribution in [-0.2, 0) is 11.3 Å². The highest BCUT2D eigenvalue weighted by Crippen LogP contribution is 2.16. The number of aromatic nitrogens is 1. The molecule has 4 heteroatoms. The van der Waals surface area contributed by atoms with Crippen LogP contribution in [0.1, 0.15) is 12.0 Å². The van der Waals surface area contributed by atoms with E-state index >= 15 is 0 Å². The van der Waals surface area contributed by atoms with Gasteiger partial charge in [-0.2, -0.15) is 0 Å². The summed E-state index contributed by atoms with van der Waals surface area (Å²) in [5.74, 6) is 0. The summed E-state index contributed by atoms with van der Waals surface area (Å²) >= 11 is 5.83. The number of rotatable bonds is 3. The first-order valence-electron chi connectivity index (χ1n) is 5.13. The van der Waals surface area contributed by atoms with Gasteiger partial charge in [-0.1, -0.05) is 11.6 Å². The van der Waals surface area contributed by atoms with Gasteiger partial charge in [0.25, 0.3) is 0 Å². The topological polar surface area (TPSA) is 25.4 Å². The maximum atomic E-state index is 5.83. The van der Waals surface area contributed by atoms with Crippen LogP contribution in [0.5, 0.6) is 0 Å². The third-order valence-electron chi connectivity index (χ3n) is 2.76. The lowest BCUT2D eigenvalue weighted by Gasteiger charge is -2.15. The average Bonchev–Trinajstić information content (AvgIpc) is 2.65. The minimum absolute atomic E-state index is 0.391. The monoisotopic (exact) mass is 226 g/mol. The molecule has 0 aliphatic carbocycles. The molecular weight excluding hydrogens is 212 g/mol. The van der Waals surface area contributed by atoms with E-state index in [4.69, 9.17) is 16.3 Å². The van der Waals surface area contributed by atoms with Crippen LogP contribution in [0.25, 0.3) is 0 Å². The Balaban J connectivity index is 1.92. The fourth-order valence-corrected chi connectivity index (χ4v) is 2.13. The molecule has 82 valence electrons. The lowest BCUT2D eigenvalue weighted by atomic mass is 10.2. The lowest BCUT2D eigenvalue weighted by molar-refractivity contribution is 0.107. The fraction of sp³-hybridized carbons (Fsp3) is 0.545. The molecule has 1 aliphatic heterocycles. The molecule has 0 saturated carbocycles. The number of nitrogens with zero attached hydrogens (tertiary/aromatic N) is 2. The smallest absolute Gasteiger partial charge is 0.129 e. The first-order valence-corrected chi connectivity index (χ1v) is 5.51. The Morgan fingerprint density at radius 2 is 2.53 bits per heavy atom. The Labute approximate surface area is 95.0 Å². The van der Waals surface area contributed by atoms with Crippen molar-refractivity contribution in [3.05, 3.63) is 29.0 Å². The van der Waals surface area contributed by atoms with E-state index in [0.29, 0.717) is 11.3 Å². The van der Waals surface area contributed by atoms with Gasteiger partial charge < -0.3 is 4.74 Å². The van der Waals surface area contributed by atoms with E-state index in [1.807, 2.05) is 12.1 Å². The quantitative estimate of drug-likeness (QED) is 0.737. The highest BCUT2D eigenvalue weighted by Gasteiger charge is 2.21. The summed E-state index contributed by atoms with van der Waals surface area (Å²) in [5.41, 5.74) is 1.21. The van der Waals surface area contributed by atoms with Gasteiger partial charge in [0.2, 0.25) is 0 Å². The minimum atomic E-state index is 0.391. The van der Waals surface area contributed by atoms with E-state index in [0.717, 1.165) is 26.1 Å². The molecule has 1 aliphatic rings. The van der Waals surface area contributed by atoms with E-state index in [-0.39, 0.29) is 0 Å². The van der Waals surface area contributed by atoms with Crippen molar-refractivity contribution in [2.24, 2.45) is 0 Å². The van der Waals surface area contributed by atoms with Crippen LogP contribution in [0.4, 0.5) is 0 Å². The van der Waals surface area contributed by atoms with Crippen molar-refractivity contribution in [1.29, 1.82) is 0 Å². The third kappa shape index (κ3) is 2.91. The van der Waals surface area contributed by atoms with Gasteiger partial charge in [0.15, 0.2) is 0 Å². The van der Waals surface area contributed by atoms with Gasteiger partial charge in [0, 0.05) is 32.9 Å². The molecule has 1 atom stereocenters. The number of halogens is 1. The summed E-state index contributed by atoms with van der Waals surface area (Å²) in [6.45, 7) is 3.04. The Kier molecular flexibility index (Phi) is 3.57. The van der Waals surface area contributed by atoms with E-state index < -0.39 is 0 Å². The van der Waals surface area contributed by atoms with Gasteiger partial charge in [-0.15, -0.1) is 0 Å². The van der Waals surface area contributed by atoms with Crippen molar-refractivity contribution >= 4 is 11.6 Å². The summed E-state index contributed by atoms with van der Waals surface area (Å²) in [7, 11) is 1.78. The summed E-state index contributed by atoms with van der Waals surface area (Å²) < 4.78 is 5.32. The van der Waals surface area contributed by atoms with Crippen molar-refractivity contribution in [3.63, 3.8) is 0 Å². The molecule has 0 spiro atoms. The molecule has 2 rings (SSSR count). The van der Waals surface area contributed by atoms with Gasteiger partial charge in [0.05, 0.1) is 6.10 Å². The van der Waals surface area contributed by atoms with Crippen LogP contribution in [-0.4, -0.2) is 36.2 Å². The lowest BCUT2D eigenvalue weighted by Crippen LogP contribution is -2.22. The summed E-state index contributed by atoms with van der Waals surface area (Å²) in [6, 6.07) is 3.92. The molecule has 0 aromatic carbocycles. The van der Waals surface area contributed by atoms with Crippen molar-refractivity contribution < 1.29 is 4.74 Å². The number of methoxy groups -OCH3 is 1. The number of pyridine rings is 1. The molecule has 1 aromatic heterocycles. The van der Waals surface area contributed by atoms with Crippen LogP contribution in [0, 0.1) is 0 Å². The largest absolute Gasteiger partial charge is 0.380 e. The highest BCUT2D eigenvalue weighted by molar-refractivity contribution is 6.29. The normalized spacial score (nSPS) is 22.1. The van der Waals surface area contributed by atoms with Gasteiger partial charge >= 0.3 is 0 Å². The Bertz CT molecular complexity index is 332. The first-order chi connectivity index (χ1) is 7.28. The summed E-state index contributed by atoms with van der Waals surface area (Å²) in [6.07, 6.45) is 3.26. The third-order valence-corrected chi connectivity index (χ3v) is 2.97. The van der Waals surface area contributed by atoms with Gasteiger partial charge in [0.1, 0.15) is 5.15 Å². The average molecular weight is 227 g/mol. The Morgan fingerprint density at radius 1 is 1.67 bits per heavy atom. The highest BCUT2D eigenvalue weighted by atomic mass is 35.5. The predicted octanol–water partition coefficient (Wildman–Crippen LogP) is 1.96. The van der Waals surface area contributed by atoms with E-state index in [9.17, 15) is 0 Å². The number of ether oxygens (including phenoxy) is 1. The predicted molar refractivity (Wildman–Crippen MR) is 59.9 cm³/mol. The van der Waals surface area contributed by atoms with Crippen molar-refractivity contribution in [2.75, 3.05) is 20.2 Å². The Hall–Kier alpha value is -0.640. The fourth-order valence-electron chi connectivity index (χ4n) is 1.93. The van der Waals surface area contributed by atoms with Crippen molar-refractivity contribution in [3.8, 4) is 0 Å². The van der Waals surface area contributed by atoms with E-state index in [2.05, 4.69) is 9.88 Å². The zero-order valence-electron chi connectivity index (χ0n) is 8.82. The molecule has 1 unspecified atom stereocenters. The van der Waals surface area contributed by atoms with Crippen LogP contribution in [0.15, 0.2) is 18.3 Å². The molecular formula is C11H15ClN2O. The van der Waals surface area contributed by atoms with Crippen molar-refractivity contribution in [1.82, 2.24) is 9.88 Å². The standard InChI is InChI=1S/C11H15ClN2O/c1-15-10-3-5-14(8-10)7-9-2-4-13-11(12)6-9/h2,4,6,10H,3,5,7-8H2,1H3. The maximum Gasteiger partial charge on any atom is 0.129 e. The molecule has 15 heavy (non-hydrogen) atoms. The summed E-state index contributed by atoms with van der Waals surface area (Å²) in [5, 5.41) is 0.565. The number of hydrogen-bond donors (Lipinski definition) is 0. The van der Waals surface area contributed by atoms with E-state index in [1.165, 1.54) is 5.56 Å². The molecule has 1 fully saturated rings. The van der Waals surface area contributed by atoms with Crippen molar-refractivity contribution in [2.45, 2.75) is 19.1 Å². The second kappa shape index (κ2) is 4.92. The molecule has 3 nitrogen and oxygen atoms in total. The number of hydrogen-bond acceptors (Lipinski definition) is 3. The van der Waals surface area contributed by atoms with Crippen LogP contribution >= 0.6 is 11.6 Å². The molecule has 0 radical (unpaired) electrons. The second-order valence-electron chi connectivity index (χ2n) is 3.87. The van der Waals surface area contributed by atoms with E-state index in [1.54, 1.807) is 13.3 Å². The molecule has 0 amide bonds. The molecule has 0 N–H and O–H groups in total. The molecule has 0 bridgehead atoms. The minimum Gasteiger partial charge on any atom is -0.380 e. The maximum absolute atomic E-state index is 5.83. The number of likely N-dealkylation sites (tertiary alicyclic amines) is 1. The Morgan fingerprint density at radius 3 is 3.20 bits per heavy atom. The van der Waals surface area contributed by atoms with Crippen LogP contribution < -0.4 is 0 Å². The second-order valence-corrected chi connectivity index (χ2v) is 4.26. The molecule has 1 aromatic rings. The van der Waals surface area contributed by atoms with Gasteiger partial charge in [-0.3, -0.25) is 4.90 Å². The SMILES string of the molecule is COC1CCN(Cc2ccnc(Cl)c2)C1. The zero-order valence-corrected chi connectivity index (χ0v) is 9.57. The van der Waals surface area contributed by atoms with Crippen LogP contribution in [0.2, 0.25) is 5.15 Å². The zero-order chi connectivity index (χ0) is 10.7. The summed E-state index contributed by atoms with van der Waals surface area (Å²) in [4.78, 5) is 6.34. The molecule has 2 heterocycles. The van der Waals surface area contributed by atoms with Gasteiger partial charge in [-0.25, -0.2) is 4.98 Å². The van der Waals surface area contributed by atoms with Crippen LogP contribution in [0.3, 0.4) is 0 Å². The van der Waals surface area contributed by atoms with Gasteiger partial charge in [-0.05, 0) is 24.1 Å². The molecule has 1 saturated heterocycles.